The summed E-state index contributed by atoms with van der Waals surface area (Å²) in [6.45, 7) is 4.80. The second kappa shape index (κ2) is 9.45. The van der Waals surface area contributed by atoms with Crippen molar-refractivity contribution in [3.8, 4) is 0 Å². The zero-order valence-electron chi connectivity index (χ0n) is 9.38. The first-order chi connectivity index (χ1) is 7.20. The van der Waals surface area contributed by atoms with Crippen molar-refractivity contribution < 1.29 is 19.1 Å². The standard InChI is InChI=1S/C10H19NO4/c1-3-14-8-11-9(12)6-5-7-10(13)15-4-2/h3-8H2,1-2H3,(H,11,12). The lowest BCUT2D eigenvalue weighted by molar-refractivity contribution is -0.143. The summed E-state index contributed by atoms with van der Waals surface area (Å²) in [5, 5.41) is 2.58. The normalized spacial score (nSPS) is 9.73. The molecular weight excluding hydrogens is 198 g/mol. The number of carbonyl (C=O) groups is 2. The van der Waals surface area contributed by atoms with E-state index in [0.29, 0.717) is 26.1 Å². The Labute approximate surface area is 90.1 Å². The van der Waals surface area contributed by atoms with Crippen LogP contribution in [0.3, 0.4) is 0 Å². The molecule has 0 bridgehead atoms. The maximum Gasteiger partial charge on any atom is 0.305 e. The van der Waals surface area contributed by atoms with Crippen LogP contribution in [0.2, 0.25) is 0 Å². The number of ether oxygens (including phenoxy) is 2. The maximum absolute atomic E-state index is 11.1. The minimum Gasteiger partial charge on any atom is -0.466 e. The molecule has 0 fully saturated rings. The number of carbonyl (C=O) groups excluding carboxylic acids is 2. The highest BCUT2D eigenvalue weighted by Gasteiger charge is 2.04. The zero-order valence-corrected chi connectivity index (χ0v) is 9.38. The van der Waals surface area contributed by atoms with Gasteiger partial charge in [-0.25, -0.2) is 0 Å². The van der Waals surface area contributed by atoms with Crippen LogP contribution in [0.15, 0.2) is 0 Å². The predicted octanol–water partition coefficient (Wildman–Crippen LogP) is 0.830. The number of hydrogen-bond acceptors (Lipinski definition) is 4. The largest absolute Gasteiger partial charge is 0.466 e. The minimum absolute atomic E-state index is 0.104. The Morgan fingerprint density at radius 1 is 1.13 bits per heavy atom. The second-order valence-electron chi connectivity index (χ2n) is 2.90. The van der Waals surface area contributed by atoms with Crippen molar-refractivity contribution in [2.24, 2.45) is 0 Å². The van der Waals surface area contributed by atoms with E-state index in [0.717, 1.165) is 0 Å². The molecule has 0 atom stereocenters. The highest BCUT2D eigenvalue weighted by atomic mass is 16.5. The Balaban J connectivity index is 3.34. The number of rotatable bonds is 8. The van der Waals surface area contributed by atoms with Gasteiger partial charge in [-0.3, -0.25) is 9.59 Å². The third kappa shape index (κ3) is 9.21. The summed E-state index contributed by atoms with van der Waals surface area (Å²) in [4.78, 5) is 22.0. The molecule has 0 saturated carbocycles. The number of esters is 1. The van der Waals surface area contributed by atoms with Crippen LogP contribution in [0.4, 0.5) is 0 Å². The van der Waals surface area contributed by atoms with E-state index in [1.54, 1.807) is 6.92 Å². The van der Waals surface area contributed by atoms with Gasteiger partial charge in [-0.05, 0) is 20.3 Å². The molecule has 0 saturated heterocycles. The highest BCUT2D eigenvalue weighted by Crippen LogP contribution is 1.97. The number of nitrogens with one attached hydrogen (secondary N) is 1. The van der Waals surface area contributed by atoms with Crippen molar-refractivity contribution in [2.45, 2.75) is 33.1 Å². The average molecular weight is 217 g/mol. The summed E-state index contributed by atoms with van der Waals surface area (Å²) in [5.74, 6) is -0.358. The molecule has 0 aromatic rings. The topological polar surface area (TPSA) is 64.6 Å². The first-order valence-corrected chi connectivity index (χ1v) is 5.20. The average Bonchev–Trinajstić information content (AvgIpc) is 2.18. The Morgan fingerprint density at radius 2 is 1.87 bits per heavy atom. The van der Waals surface area contributed by atoms with Gasteiger partial charge in [-0.2, -0.15) is 0 Å². The van der Waals surface area contributed by atoms with E-state index in [-0.39, 0.29) is 25.0 Å². The molecule has 0 aliphatic carbocycles. The van der Waals surface area contributed by atoms with Crippen molar-refractivity contribution in [1.29, 1.82) is 0 Å². The van der Waals surface area contributed by atoms with Crippen LogP contribution in [0.5, 0.6) is 0 Å². The SMILES string of the molecule is CCOCNC(=O)CCCC(=O)OCC. The summed E-state index contributed by atoms with van der Waals surface area (Å²) in [5.41, 5.74) is 0. The summed E-state index contributed by atoms with van der Waals surface area (Å²) in [6.07, 6.45) is 1.12. The fraction of sp³-hybridized carbons (Fsp3) is 0.800. The number of hydrogen-bond donors (Lipinski definition) is 1. The van der Waals surface area contributed by atoms with E-state index in [1.165, 1.54) is 0 Å². The minimum atomic E-state index is -0.255. The summed E-state index contributed by atoms with van der Waals surface area (Å²) < 4.78 is 9.67. The highest BCUT2D eigenvalue weighted by molar-refractivity contribution is 5.76. The summed E-state index contributed by atoms with van der Waals surface area (Å²) in [6, 6.07) is 0. The molecule has 5 nitrogen and oxygen atoms in total. The smallest absolute Gasteiger partial charge is 0.305 e. The fourth-order valence-corrected chi connectivity index (χ4v) is 0.948. The Morgan fingerprint density at radius 3 is 2.47 bits per heavy atom. The molecule has 0 rings (SSSR count). The first-order valence-electron chi connectivity index (χ1n) is 5.20. The van der Waals surface area contributed by atoms with Gasteiger partial charge >= 0.3 is 5.97 Å². The van der Waals surface area contributed by atoms with Gasteiger partial charge in [0.05, 0.1) is 6.61 Å². The lowest BCUT2D eigenvalue weighted by Gasteiger charge is -2.04. The van der Waals surface area contributed by atoms with E-state index in [4.69, 9.17) is 9.47 Å². The Kier molecular flexibility index (Phi) is 8.76. The van der Waals surface area contributed by atoms with Crippen LogP contribution in [0.25, 0.3) is 0 Å². The molecule has 5 heteroatoms. The molecule has 1 N–H and O–H groups in total. The van der Waals surface area contributed by atoms with Gasteiger partial charge in [0.25, 0.3) is 0 Å². The fourth-order valence-electron chi connectivity index (χ4n) is 0.948. The molecule has 0 heterocycles. The van der Waals surface area contributed by atoms with Crippen LogP contribution < -0.4 is 5.32 Å². The molecule has 0 aromatic heterocycles. The van der Waals surface area contributed by atoms with Crippen LogP contribution >= 0.6 is 0 Å². The molecule has 1 amide bonds. The molecule has 0 aliphatic rings. The molecular formula is C10H19NO4. The summed E-state index contributed by atoms with van der Waals surface area (Å²) >= 11 is 0. The monoisotopic (exact) mass is 217 g/mol. The molecule has 15 heavy (non-hydrogen) atoms. The van der Waals surface area contributed by atoms with Gasteiger partial charge in [0, 0.05) is 19.4 Å². The lowest BCUT2D eigenvalue weighted by atomic mass is 10.2. The molecule has 88 valence electrons. The predicted molar refractivity (Wildman–Crippen MR) is 55.1 cm³/mol. The van der Waals surface area contributed by atoms with Gasteiger partial charge in [0.1, 0.15) is 6.73 Å². The van der Waals surface area contributed by atoms with Crippen molar-refractivity contribution in [3.63, 3.8) is 0 Å². The Hall–Kier alpha value is -1.10. The van der Waals surface area contributed by atoms with Gasteiger partial charge < -0.3 is 14.8 Å². The third-order valence-electron chi connectivity index (χ3n) is 1.67. The van der Waals surface area contributed by atoms with E-state index in [2.05, 4.69) is 5.32 Å². The zero-order chi connectivity index (χ0) is 11.5. The second-order valence-corrected chi connectivity index (χ2v) is 2.90. The van der Waals surface area contributed by atoms with E-state index in [1.807, 2.05) is 6.92 Å². The lowest BCUT2D eigenvalue weighted by Crippen LogP contribution is -2.25. The van der Waals surface area contributed by atoms with E-state index < -0.39 is 0 Å². The van der Waals surface area contributed by atoms with Crippen molar-refractivity contribution in [3.05, 3.63) is 0 Å². The van der Waals surface area contributed by atoms with E-state index in [9.17, 15) is 9.59 Å². The van der Waals surface area contributed by atoms with Gasteiger partial charge in [-0.1, -0.05) is 0 Å². The van der Waals surface area contributed by atoms with Crippen LogP contribution in [0, 0.1) is 0 Å². The van der Waals surface area contributed by atoms with Crippen molar-refractivity contribution in [2.75, 3.05) is 19.9 Å². The first kappa shape index (κ1) is 13.9. The maximum atomic E-state index is 11.1. The molecule has 0 unspecified atom stereocenters. The van der Waals surface area contributed by atoms with Crippen LogP contribution in [0.1, 0.15) is 33.1 Å². The van der Waals surface area contributed by atoms with Gasteiger partial charge in [-0.15, -0.1) is 0 Å². The number of amides is 1. The van der Waals surface area contributed by atoms with Crippen molar-refractivity contribution >= 4 is 11.9 Å². The Bertz CT molecular complexity index is 194. The van der Waals surface area contributed by atoms with Crippen LogP contribution in [-0.2, 0) is 19.1 Å². The molecule has 0 radical (unpaired) electrons. The molecule has 0 aliphatic heterocycles. The third-order valence-corrected chi connectivity index (χ3v) is 1.67. The van der Waals surface area contributed by atoms with Gasteiger partial charge in [0.15, 0.2) is 0 Å². The van der Waals surface area contributed by atoms with Gasteiger partial charge in [0.2, 0.25) is 5.91 Å². The summed E-state index contributed by atoms with van der Waals surface area (Å²) in [7, 11) is 0. The van der Waals surface area contributed by atoms with Crippen molar-refractivity contribution in [1.82, 2.24) is 5.32 Å². The van der Waals surface area contributed by atoms with Crippen LogP contribution in [-0.4, -0.2) is 31.8 Å². The molecule has 0 aromatic carbocycles. The quantitative estimate of drug-likeness (QED) is 0.371. The van der Waals surface area contributed by atoms with E-state index >= 15 is 0 Å². The molecule has 0 spiro atoms.